The molecule has 7 nitrogen and oxygen atoms in total. The summed E-state index contributed by atoms with van der Waals surface area (Å²) in [5, 5.41) is 8.03. The number of ether oxygens (including phenoxy) is 2. The van der Waals surface area contributed by atoms with Gasteiger partial charge in [-0.25, -0.2) is 4.79 Å². The molecule has 37 heavy (non-hydrogen) atoms. The maximum absolute atomic E-state index is 13.4. The van der Waals surface area contributed by atoms with E-state index in [1.54, 1.807) is 11.1 Å². The van der Waals surface area contributed by atoms with Crippen molar-refractivity contribution in [2.24, 2.45) is 5.92 Å². The number of aromatic nitrogens is 2. The van der Waals surface area contributed by atoms with Gasteiger partial charge in [0.15, 0.2) is 5.78 Å². The van der Waals surface area contributed by atoms with Gasteiger partial charge in [-0.2, -0.15) is 5.10 Å². The molecule has 196 valence electrons. The lowest BCUT2D eigenvalue weighted by molar-refractivity contribution is -0.0360. The van der Waals surface area contributed by atoms with Crippen LogP contribution < -0.4 is 4.74 Å². The molecule has 1 saturated heterocycles. The van der Waals surface area contributed by atoms with Crippen LogP contribution in [0.1, 0.15) is 75.2 Å². The highest BCUT2D eigenvalue weighted by Gasteiger charge is 2.46. The van der Waals surface area contributed by atoms with Crippen LogP contribution >= 0.6 is 15.9 Å². The minimum Gasteiger partial charge on any atom is -0.487 e. The summed E-state index contributed by atoms with van der Waals surface area (Å²) >= 11 is 3.62. The number of piperidine rings is 1. The summed E-state index contributed by atoms with van der Waals surface area (Å²) in [6.45, 7) is 8.99. The summed E-state index contributed by atoms with van der Waals surface area (Å²) < 4.78 is 13.2. The number of carbonyl (C=O) groups is 2. The Kier molecular flexibility index (Phi) is 6.81. The zero-order valence-corrected chi connectivity index (χ0v) is 23.4. The number of nitrogens with zero attached hydrogens (tertiary/aromatic N) is 2. The number of H-pyrrole nitrogens is 1. The van der Waals surface area contributed by atoms with Crippen LogP contribution in [0, 0.1) is 5.92 Å². The molecule has 0 bridgehead atoms. The number of nitrogens with one attached hydrogen (secondary N) is 1. The summed E-state index contributed by atoms with van der Waals surface area (Å²) in [6.07, 6.45) is 4.16. The number of halogens is 1. The van der Waals surface area contributed by atoms with Gasteiger partial charge in [0.1, 0.15) is 17.0 Å². The van der Waals surface area contributed by atoms with E-state index in [2.05, 4.69) is 39.1 Å². The molecule has 1 aromatic heterocycles. The first kappa shape index (κ1) is 25.8. The van der Waals surface area contributed by atoms with Crippen LogP contribution in [0.25, 0.3) is 10.9 Å². The summed E-state index contributed by atoms with van der Waals surface area (Å²) in [5.41, 5.74) is 1.72. The minimum atomic E-state index is -0.520. The van der Waals surface area contributed by atoms with Gasteiger partial charge in [0.25, 0.3) is 0 Å². The van der Waals surface area contributed by atoms with Crippen LogP contribution in [0.2, 0.25) is 0 Å². The molecule has 8 heteroatoms. The van der Waals surface area contributed by atoms with Crippen molar-refractivity contribution in [2.45, 2.75) is 70.5 Å². The highest BCUT2D eigenvalue weighted by Crippen LogP contribution is 2.49. The Labute approximate surface area is 226 Å². The van der Waals surface area contributed by atoms with E-state index in [1.165, 1.54) is 0 Å². The SMILES string of the molecule is C[C@@H](CC(=O)c1cccc2cn[nH]c12)[C@H]1CC2(CCN(C(=O)OC(C)(C)C)CC2)Oc2ccc(Br)cc21. The third-order valence-corrected chi connectivity index (χ3v) is 8.08. The predicted molar refractivity (Wildman–Crippen MR) is 146 cm³/mol. The maximum atomic E-state index is 13.4. The van der Waals surface area contributed by atoms with Crippen LogP contribution in [0.4, 0.5) is 4.79 Å². The fourth-order valence-electron chi connectivity index (χ4n) is 5.67. The first-order chi connectivity index (χ1) is 17.5. The number of fused-ring (bicyclic) bond motifs is 2. The minimum absolute atomic E-state index is 0.100. The largest absolute Gasteiger partial charge is 0.487 e. The number of Topliss-reactive ketones (excluding diaryl/α,β-unsaturated/α-hetero) is 1. The number of amides is 1. The van der Waals surface area contributed by atoms with E-state index in [1.807, 2.05) is 51.1 Å². The lowest BCUT2D eigenvalue weighted by Crippen LogP contribution is -2.53. The molecule has 2 atom stereocenters. The Morgan fingerprint density at radius 1 is 1.24 bits per heavy atom. The number of ketones is 1. The lowest BCUT2D eigenvalue weighted by atomic mass is 9.71. The number of hydrogen-bond donors (Lipinski definition) is 1. The van der Waals surface area contributed by atoms with Crippen molar-refractivity contribution in [2.75, 3.05) is 13.1 Å². The third kappa shape index (κ3) is 5.40. The molecule has 1 N–H and O–H groups in total. The van der Waals surface area contributed by atoms with E-state index < -0.39 is 5.60 Å². The molecule has 0 saturated carbocycles. The van der Waals surface area contributed by atoms with Gasteiger partial charge in [-0.05, 0) is 68.9 Å². The Balaban J connectivity index is 1.36. The number of likely N-dealkylation sites (tertiary alicyclic amines) is 1. The molecule has 5 rings (SSSR count). The molecule has 0 unspecified atom stereocenters. The molecule has 2 aromatic carbocycles. The van der Waals surface area contributed by atoms with Crippen molar-refractivity contribution in [3.05, 3.63) is 58.2 Å². The van der Waals surface area contributed by atoms with Gasteiger partial charge in [-0.15, -0.1) is 0 Å². The monoisotopic (exact) mass is 567 g/mol. The van der Waals surface area contributed by atoms with Crippen molar-refractivity contribution >= 4 is 38.7 Å². The van der Waals surface area contributed by atoms with Gasteiger partial charge >= 0.3 is 6.09 Å². The van der Waals surface area contributed by atoms with Gasteiger partial charge in [-0.1, -0.05) is 35.0 Å². The average molecular weight is 569 g/mol. The van der Waals surface area contributed by atoms with Gasteiger partial charge < -0.3 is 14.4 Å². The van der Waals surface area contributed by atoms with Gasteiger partial charge in [0.05, 0.1) is 11.7 Å². The fraction of sp³-hybridized carbons (Fsp3) is 0.483. The van der Waals surface area contributed by atoms with Crippen LogP contribution in [0.5, 0.6) is 5.75 Å². The first-order valence-electron chi connectivity index (χ1n) is 13.0. The van der Waals surface area contributed by atoms with Gasteiger partial charge in [-0.3, -0.25) is 9.89 Å². The van der Waals surface area contributed by atoms with Crippen molar-refractivity contribution in [3.8, 4) is 5.75 Å². The Hall–Kier alpha value is -2.87. The average Bonchev–Trinajstić information content (AvgIpc) is 3.32. The van der Waals surface area contributed by atoms with Crippen molar-refractivity contribution in [1.82, 2.24) is 15.1 Å². The molecule has 0 radical (unpaired) electrons. The quantitative estimate of drug-likeness (QED) is 0.347. The number of benzene rings is 2. The molecule has 1 spiro atoms. The highest BCUT2D eigenvalue weighted by molar-refractivity contribution is 9.10. The number of aromatic amines is 1. The molecule has 3 heterocycles. The second kappa shape index (κ2) is 9.78. The molecule has 1 fully saturated rings. The molecule has 2 aliphatic heterocycles. The molecular weight excluding hydrogens is 534 g/mol. The highest BCUT2D eigenvalue weighted by atomic mass is 79.9. The van der Waals surface area contributed by atoms with Crippen molar-refractivity contribution < 1.29 is 19.1 Å². The fourth-order valence-corrected chi connectivity index (χ4v) is 6.05. The standard InChI is InChI=1S/C29H34BrN3O4/c1-18(14-24(34)21-7-5-6-19-17-31-32-26(19)21)23-16-29(36-25-9-8-20(30)15-22(23)25)10-12-33(13-11-29)27(35)37-28(2,3)4/h5-9,15,17-18,23H,10-14,16H2,1-4H3,(H,31,32)/t18-,23+/m0/s1. The third-order valence-electron chi connectivity index (χ3n) is 7.59. The second-order valence-corrected chi connectivity index (χ2v) is 12.4. The van der Waals surface area contributed by atoms with Crippen molar-refractivity contribution in [1.29, 1.82) is 0 Å². The molecule has 0 aliphatic carbocycles. The normalized spacial score (nSPS) is 19.8. The van der Waals surface area contributed by atoms with Gasteiger partial charge in [0.2, 0.25) is 0 Å². The molecule has 3 aromatic rings. The van der Waals surface area contributed by atoms with Crippen LogP contribution in [0.3, 0.4) is 0 Å². The molecule has 2 aliphatic rings. The summed E-state index contributed by atoms with van der Waals surface area (Å²) in [4.78, 5) is 27.9. The van der Waals surface area contributed by atoms with E-state index in [4.69, 9.17) is 9.47 Å². The topological polar surface area (TPSA) is 84.5 Å². The van der Waals surface area contributed by atoms with Gasteiger partial charge in [0, 0.05) is 47.8 Å². The maximum Gasteiger partial charge on any atom is 0.410 e. The van der Waals surface area contributed by atoms with E-state index in [9.17, 15) is 9.59 Å². The lowest BCUT2D eigenvalue weighted by Gasteiger charge is -2.48. The van der Waals surface area contributed by atoms with Crippen LogP contribution in [-0.2, 0) is 4.74 Å². The number of rotatable bonds is 4. The summed E-state index contributed by atoms with van der Waals surface area (Å²) in [5.74, 6) is 1.24. The van der Waals surface area contributed by atoms with E-state index in [-0.39, 0.29) is 29.3 Å². The van der Waals surface area contributed by atoms with E-state index >= 15 is 0 Å². The Morgan fingerprint density at radius 3 is 2.73 bits per heavy atom. The Bertz CT molecular complexity index is 1320. The molecule has 1 amide bonds. The zero-order valence-electron chi connectivity index (χ0n) is 21.8. The van der Waals surface area contributed by atoms with Crippen molar-refractivity contribution in [3.63, 3.8) is 0 Å². The predicted octanol–water partition coefficient (Wildman–Crippen LogP) is 6.87. The zero-order chi connectivity index (χ0) is 26.4. The number of carbonyl (C=O) groups excluding carboxylic acids is 2. The van der Waals surface area contributed by atoms with E-state index in [0.717, 1.165) is 46.0 Å². The summed E-state index contributed by atoms with van der Waals surface area (Å²) in [7, 11) is 0. The van der Waals surface area contributed by atoms with E-state index in [0.29, 0.717) is 25.1 Å². The smallest absolute Gasteiger partial charge is 0.410 e. The molecular formula is C29H34BrN3O4. The first-order valence-corrected chi connectivity index (χ1v) is 13.7. The second-order valence-electron chi connectivity index (χ2n) is 11.5. The summed E-state index contributed by atoms with van der Waals surface area (Å²) in [6, 6.07) is 11.9. The van der Waals surface area contributed by atoms with Crippen LogP contribution in [0.15, 0.2) is 47.1 Å². The number of para-hydroxylation sites is 1. The number of hydrogen-bond acceptors (Lipinski definition) is 5. The Morgan fingerprint density at radius 2 is 2.00 bits per heavy atom. The van der Waals surface area contributed by atoms with Crippen LogP contribution in [-0.4, -0.2) is 51.3 Å².